The molecule has 0 aromatic heterocycles. The van der Waals surface area contributed by atoms with E-state index in [0.29, 0.717) is 42.4 Å². The van der Waals surface area contributed by atoms with Gasteiger partial charge in [-0.25, -0.2) is 4.79 Å². The van der Waals surface area contributed by atoms with Crippen molar-refractivity contribution in [2.75, 3.05) is 13.1 Å². The predicted octanol–water partition coefficient (Wildman–Crippen LogP) is 2.74. The minimum Gasteiger partial charge on any atom is -0.336 e. The van der Waals surface area contributed by atoms with Gasteiger partial charge >= 0.3 is 6.03 Å². The first-order valence-corrected chi connectivity index (χ1v) is 9.54. The molecule has 1 spiro atoms. The van der Waals surface area contributed by atoms with Gasteiger partial charge in [0.2, 0.25) is 5.91 Å². The number of carbonyl (C=O) groups is 3. The van der Waals surface area contributed by atoms with Gasteiger partial charge in [0.15, 0.2) is 0 Å². The van der Waals surface area contributed by atoms with Crippen LogP contribution in [-0.2, 0) is 22.6 Å². The van der Waals surface area contributed by atoms with Crippen molar-refractivity contribution in [1.29, 1.82) is 0 Å². The third kappa shape index (κ3) is 2.85. The number of urea groups is 1. The summed E-state index contributed by atoms with van der Waals surface area (Å²) < 4.78 is 0. The van der Waals surface area contributed by atoms with Gasteiger partial charge in [-0.1, -0.05) is 36.0 Å². The summed E-state index contributed by atoms with van der Waals surface area (Å²) in [5.74, 6) is -0.518. The zero-order valence-corrected chi connectivity index (χ0v) is 15.7. The van der Waals surface area contributed by atoms with Gasteiger partial charge in [-0.3, -0.25) is 14.5 Å². The van der Waals surface area contributed by atoms with E-state index in [0.717, 1.165) is 28.9 Å². The highest BCUT2D eigenvalue weighted by Gasteiger charge is 2.52. The van der Waals surface area contributed by atoms with Crippen molar-refractivity contribution in [3.05, 3.63) is 33.3 Å². The third-order valence-electron chi connectivity index (χ3n) is 5.60. The summed E-state index contributed by atoms with van der Waals surface area (Å²) in [6.45, 7) is 0.642. The maximum absolute atomic E-state index is 12.7. The van der Waals surface area contributed by atoms with E-state index in [2.05, 4.69) is 5.32 Å². The van der Waals surface area contributed by atoms with Crippen LogP contribution < -0.4 is 5.32 Å². The lowest BCUT2D eigenvalue weighted by atomic mass is 9.98. The zero-order valence-electron chi connectivity index (χ0n) is 14.2. The maximum Gasteiger partial charge on any atom is 0.325 e. The Morgan fingerprint density at radius 1 is 1.19 bits per heavy atom. The maximum atomic E-state index is 12.7. The molecule has 1 saturated heterocycles. The van der Waals surface area contributed by atoms with Crippen molar-refractivity contribution in [2.24, 2.45) is 0 Å². The molecule has 138 valence electrons. The minimum absolute atomic E-state index is 0.229. The highest BCUT2D eigenvalue weighted by Crippen LogP contribution is 2.35. The lowest BCUT2D eigenvalue weighted by Gasteiger charge is -2.30. The number of halogens is 2. The van der Waals surface area contributed by atoms with Crippen LogP contribution >= 0.6 is 23.2 Å². The van der Waals surface area contributed by atoms with Crippen LogP contribution in [0.25, 0.3) is 0 Å². The van der Waals surface area contributed by atoms with Crippen molar-refractivity contribution in [3.63, 3.8) is 0 Å². The summed E-state index contributed by atoms with van der Waals surface area (Å²) >= 11 is 12.3. The van der Waals surface area contributed by atoms with Crippen molar-refractivity contribution >= 4 is 41.0 Å². The number of amides is 4. The first-order valence-electron chi connectivity index (χ1n) is 8.78. The fraction of sp³-hybridized carbons (Fsp3) is 0.500. The van der Waals surface area contributed by atoms with E-state index in [4.69, 9.17) is 23.2 Å². The number of carbonyl (C=O) groups excluding carboxylic acids is 3. The molecular formula is C18H19Cl2N3O3. The Hall–Kier alpha value is -1.79. The molecule has 1 aromatic rings. The molecule has 1 aromatic carbocycles. The van der Waals surface area contributed by atoms with E-state index in [1.807, 2.05) is 6.07 Å². The average molecular weight is 396 g/mol. The van der Waals surface area contributed by atoms with Crippen molar-refractivity contribution in [1.82, 2.24) is 15.1 Å². The first kappa shape index (κ1) is 17.6. The van der Waals surface area contributed by atoms with Crippen molar-refractivity contribution < 1.29 is 14.4 Å². The number of benzene rings is 1. The molecule has 4 rings (SSSR count). The number of hydrogen-bond donors (Lipinski definition) is 1. The molecule has 4 amide bonds. The molecule has 0 atom stereocenters. The Morgan fingerprint density at radius 2 is 1.92 bits per heavy atom. The van der Waals surface area contributed by atoms with Gasteiger partial charge < -0.3 is 10.2 Å². The van der Waals surface area contributed by atoms with Crippen molar-refractivity contribution in [3.8, 4) is 0 Å². The Balaban J connectivity index is 1.47. The van der Waals surface area contributed by atoms with E-state index >= 15 is 0 Å². The van der Waals surface area contributed by atoms with Gasteiger partial charge in [-0.05, 0) is 42.5 Å². The number of hydrogen-bond acceptors (Lipinski definition) is 3. The van der Waals surface area contributed by atoms with Crippen LogP contribution in [0.4, 0.5) is 4.79 Å². The predicted molar refractivity (Wildman–Crippen MR) is 97.0 cm³/mol. The topological polar surface area (TPSA) is 69.7 Å². The Labute approximate surface area is 161 Å². The number of rotatable bonds is 2. The van der Waals surface area contributed by atoms with Gasteiger partial charge in [-0.2, -0.15) is 0 Å². The second-order valence-corrected chi connectivity index (χ2v) is 8.04. The Kier molecular flexibility index (Phi) is 4.35. The molecule has 0 radical (unpaired) electrons. The summed E-state index contributed by atoms with van der Waals surface area (Å²) in [6.07, 6.45) is 3.77. The molecule has 2 aliphatic heterocycles. The molecule has 0 bridgehead atoms. The van der Waals surface area contributed by atoms with Crippen molar-refractivity contribution in [2.45, 2.75) is 44.2 Å². The molecule has 8 heteroatoms. The molecule has 2 fully saturated rings. The summed E-state index contributed by atoms with van der Waals surface area (Å²) in [4.78, 5) is 40.3. The third-order valence-corrected chi connectivity index (χ3v) is 6.16. The average Bonchev–Trinajstić information content (AvgIpc) is 3.15. The zero-order chi connectivity index (χ0) is 18.5. The quantitative estimate of drug-likeness (QED) is 0.782. The van der Waals surface area contributed by atoms with Crippen LogP contribution in [0.15, 0.2) is 12.1 Å². The lowest BCUT2D eigenvalue weighted by molar-refractivity contribution is -0.139. The Bertz CT molecular complexity index is 805. The monoisotopic (exact) mass is 395 g/mol. The number of nitrogens with one attached hydrogen (secondary N) is 1. The van der Waals surface area contributed by atoms with E-state index in [9.17, 15) is 14.4 Å². The summed E-state index contributed by atoms with van der Waals surface area (Å²) in [6, 6.07) is 3.07. The largest absolute Gasteiger partial charge is 0.336 e. The standard InChI is InChI=1S/C18H19Cl2N3O3/c19-12-7-11-3-6-22(9-13(11)14(20)8-12)15(24)10-23-16(25)18(21-17(23)26)4-1-2-5-18/h7-8H,1-6,9-10H2,(H,21,26). The van der Waals surface area contributed by atoms with E-state index < -0.39 is 11.6 Å². The number of imide groups is 1. The molecule has 1 aliphatic carbocycles. The number of nitrogens with zero attached hydrogens (tertiary/aromatic N) is 2. The molecule has 26 heavy (non-hydrogen) atoms. The van der Waals surface area contributed by atoms with Gasteiger partial charge in [0, 0.05) is 23.1 Å². The van der Waals surface area contributed by atoms with Gasteiger partial charge in [0.1, 0.15) is 12.1 Å². The van der Waals surface area contributed by atoms with E-state index in [-0.39, 0.29) is 18.4 Å². The Morgan fingerprint density at radius 3 is 2.65 bits per heavy atom. The molecule has 3 aliphatic rings. The lowest BCUT2D eigenvalue weighted by Crippen LogP contribution is -2.46. The fourth-order valence-electron chi connectivity index (χ4n) is 4.17. The van der Waals surface area contributed by atoms with Crippen LogP contribution in [0.1, 0.15) is 36.8 Å². The summed E-state index contributed by atoms with van der Waals surface area (Å²) in [5.41, 5.74) is 1.12. The van der Waals surface area contributed by atoms with Crippen LogP contribution in [0.5, 0.6) is 0 Å². The minimum atomic E-state index is -0.786. The van der Waals surface area contributed by atoms with Crippen LogP contribution in [-0.4, -0.2) is 46.3 Å². The summed E-state index contributed by atoms with van der Waals surface area (Å²) in [5, 5.41) is 3.91. The van der Waals surface area contributed by atoms with Crippen LogP contribution in [0, 0.1) is 0 Å². The second-order valence-electron chi connectivity index (χ2n) is 7.20. The highest BCUT2D eigenvalue weighted by molar-refractivity contribution is 6.35. The normalized spacial score (nSPS) is 21.3. The second kappa shape index (κ2) is 6.43. The van der Waals surface area contributed by atoms with Gasteiger partial charge in [0.05, 0.1) is 0 Å². The van der Waals surface area contributed by atoms with Gasteiger partial charge in [-0.15, -0.1) is 0 Å². The molecule has 1 N–H and O–H groups in total. The molecule has 0 unspecified atom stereocenters. The van der Waals surface area contributed by atoms with E-state index in [1.54, 1.807) is 11.0 Å². The summed E-state index contributed by atoms with van der Waals surface area (Å²) in [7, 11) is 0. The molecular weight excluding hydrogens is 377 g/mol. The molecule has 2 heterocycles. The van der Waals surface area contributed by atoms with Crippen LogP contribution in [0.3, 0.4) is 0 Å². The fourth-order valence-corrected chi connectivity index (χ4v) is 4.76. The van der Waals surface area contributed by atoms with Gasteiger partial charge in [0.25, 0.3) is 5.91 Å². The highest BCUT2D eigenvalue weighted by atomic mass is 35.5. The molecule has 1 saturated carbocycles. The van der Waals surface area contributed by atoms with Crippen LogP contribution in [0.2, 0.25) is 10.0 Å². The number of fused-ring (bicyclic) bond motifs is 1. The first-order chi connectivity index (χ1) is 12.4. The molecule has 6 nitrogen and oxygen atoms in total. The van der Waals surface area contributed by atoms with E-state index in [1.165, 1.54) is 0 Å². The smallest absolute Gasteiger partial charge is 0.325 e. The SMILES string of the molecule is O=C(CN1C(=O)NC2(CCCC2)C1=O)N1CCc2cc(Cl)cc(Cl)c2C1.